The van der Waals surface area contributed by atoms with E-state index in [-0.39, 0.29) is 29.8 Å². The average molecular weight is 512 g/mol. The molecule has 4 rings (SSSR count). The fourth-order valence-electron chi connectivity index (χ4n) is 5.18. The van der Waals surface area contributed by atoms with Crippen LogP contribution in [0.2, 0.25) is 0 Å². The standard InChI is InChI=1S/C27H34BrN3O2/c28-24-12-6-5-11-23(24)26(32)30-25-13-7-4-10-20(25)18-31(22-16-14-21(29)15-17-22)27(33)19-8-2-1-3-9-19/h4-7,10-13,19,21-22H,1-3,8-9,14-18,29H2,(H,30,32). The summed E-state index contributed by atoms with van der Waals surface area (Å²) in [6.07, 6.45) is 9.29. The van der Waals surface area contributed by atoms with Crippen molar-refractivity contribution in [3.63, 3.8) is 0 Å². The van der Waals surface area contributed by atoms with Crippen molar-refractivity contribution in [2.75, 3.05) is 5.32 Å². The van der Waals surface area contributed by atoms with Crippen LogP contribution >= 0.6 is 15.9 Å². The first-order valence-electron chi connectivity index (χ1n) is 12.2. The Kier molecular flexibility index (Phi) is 8.20. The molecule has 6 heteroatoms. The Morgan fingerprint density at radius 1 is 0.909 bits per heavy atom. The minimum Gasteiger partial charge on any atom is -0.335 e. The van der Waals surface area contributed by atoms with E-state index in [1.54, 1.807) is 6.07 Å². The van der Waals surface area contributed by atoms with Gasteiger partial charge in [-0.3, -0.25) is 9.59 Å². The summed E-state index contributed by atoms with van der Waals surface area (Å²) in [4.78, 5) is 28.7. The topological polar surface area (TPSA) is 75.4 Å². The maximum absolute atomic E-state index is 13.7. The number of para-hydroxylation sites is 1. The average Bonchev–Trinajstić information content (AvgIpc) is 2.84. The van der Waals surface area contributed by atoms with Gasteiger partial charge < -0.3 is 16.0 Å². The number of hydrogen-bond acceptors (Lipinski definition) is 3. The first-order chi connectivity index (χ1) is 16.0. The second-order valence-corrected chi connectivity index (χ2v) is 10.3. The summed E-state index contributed by atoms with van der Waals surface area (Å²) in [5, 5.41) is 3.07. The van der Waals surface area contributed by atoms with Crippen molar-refractivity contribution < 1.29 is 9.59 Å². The van der Waals surface area contributed by atoms with Gasteiger partial charge in [0.1, 0.15) is 0 Å². The van der Waals surface area contributed by atoms with Gasteiger partial charge in [-0.25, -0.2) is 0 Å². The molecule has 2 aromatic carbocycles. The molecule has 0 saturated heterocycles. The largest absolute Gasteiger partial charge is 0.335 e. The van der Waals surface area contributed by atoms with Gasteiger partial charge in [-0.1, -0.05) is 49.6 Å². The van der Waals surface area contributed by atoms with Crippen LogP contribution < -0.4 is 11.1 Å². The SMILES string of the molecule is NC1CCC(N(Cc2ccccc2NC(=O)c2ccccc2Br)C(=O)C2CCCCC2)CC1. The lowest BCUT2D eigenvalue weighted by Crippen LogP contribution is -2.46. The molecule has 2 aliphatic rings. The molecule has 5 nitrogen and oxygen atoms in total. The molecule has 0 bridgehead atoms. The van der Waals surface area contributed by atoms with Crippen LogP contribution in [0.25, 0.3) is 0 Å². The number of rotatable bonds is 6. The minimum atomic E-state index is -0.163. The summed E-state index contributed by atoms with van der Waals surface area (Å²) in [6, 6.07) is 15.7. The molecule has 176 valence electrons. The third kappa shape index (κ3) is 6.04. The molecule has 3 N–H and O–H groups in total. The van der Waals surface area contributed by atoms with Gasteiger partial charge in [0.15, 0.2) is 0 Å². The van der Waals surface area contributed by atoms with E-state index in [9.17, 15) is 9.59 Å². The van der Waals surface area contributed by atoms with Crippen molar-refractivity contribution in [2.45, 2.75) is 76.4 Å². The molecule has 0 radical (unpaired) electrons. The molecule has 0 aromatic heterocycles. The summed E-state index contributed by atoms with van der Waals surface area (Å²) in [7, 11) is 0. The minimum absolute atomic E-state index is 0.122. The summed E-state index contributed by atoms with van der Waals surface area (Å²) in [6.45, 7) is 0.516. The summed E-state index contributed by atoms with van der Waals surface area (Å²) in [5.41, 5.74) is 8.47. The molecular formula is C27H34BrN3O2. The summed E-state index contributed by atoms with van der Waals surface area (Å²) >= 11 is 3.47. The maximum atomic E-state index is 13.7. The van der Waals surface area contributed by atoms with Crippen LogP contribution in [0, 0.1) is 5.92 Å². The monoisotopic (exact) mass is 511 g/mol. The van der Waals surface area contributed by atoms with Crippen LogP contribution in [0.4, 0.5) is 5.69 Å². The molecule has 2 amide bonds. The molecule has 0 aliphatic heterocycles. The summed E-state index contributed by atoms with van der Waals surface area (Å²) in [5.74, 6) is 0.238. The van der Waals surface area contributed by atoms with E-state index in [0.717, 1.165) is 67.1 Å². The highest BCUT2D eigenvalue weighted by Gasteiger charge is 2.33. The zero-order valence-corrected chi connectivity index (χ0v) is 20.7. The number of benzene rings is 2. The molecule has 0 atom stereocenters. The molecule has 2 aliphatic carbocycles. The van der Waals surface area contributed by atoms with Crippen molar-refractivity contribution in [3.05, 3.63) is 64.1 Å². The number of carbonyl (C=O) groups is 2. The van der Waals surface area contributed by atoms with Gasteiger partial charge in [0, 0.05) is 34.7 Å². The number of hydrogen-bond donors (Lipinski definition) is 2. The second-order valence-electron chi connectivity index (χ2n) is 9.46. The number of nitrogens with two attached hydrogens (primary N) is 1. The van der Waals surface area contributed by atoms with E-state index in [0.29, 0.717) is 12.1 Å². The van der Waals surface area contributed by atoms with Gasteiger partial charge in [-0.2, -0.15) is 0 Å². The Bertz CT molecular complexity index is 965. The van der Waals surface area contributed by atoms with E-state index in [1.165, 1.54) is 6.42 Å². The third-order valence-corrected chi connectivity index (χ3v) is 7.84. The maximum Gasteiger partial charge on any atom is 0.256 e. The summed E-state index contributed by atoms with van der Waals surface area (Å²) < 4.78 is 0.757. The van der Waals surface area contributed by atoms with Crippen LogP contribution in [-0.2, 0) is 11.3 Å². The van der Waals surface area contributed by atoms with Gasteiger partial charge >= 0.3 is 0 Å². The van der Waals surface area contributed by atoms with E-state index in [4.69, 9.17) is 5.73 Å². The number of amides is 2. The quantitative estimate of drug-likeness (QED) is 0.508. The first kappa shape index (κ1) is 24.0. The van der Waals surface area contributed by atoms with Gasteiger partial charge in [-0.05, 0) is 78.2 Å². The highest BCUT2D eigenvalue weighted by molar-refractivity contribution is 9.10. The van der Waals surface area contributed by atoms with Crippen LogP contribution in [0.1, 0.15) is 73.7 Å². The third-order valence-electron chi connectivity index (χ3n) is 7.14. The molecule has 2 aromatic rings. The number of nitrogens with zero attached hydrogens (tertiary/aromatic N) is 1. The molecule has 0 spiro atoms. The Morgan fingerprint density at radius 3 is 2.30 bits per heavy atom. The van der Waals surface area contributed by atoms with Crippen LogP contribution in [0.15, 0.2) is 53.0 Å². The Labute approximate surface area is 205 Å². The number of carbonyl (C=O) groups excluding carboxylic acids is 2. The fraction of sp³-hybridized carbons (Fsp3) is 0.481. The fourth-order valence-corrected chi connectivity index (χ4v) is 5.65. The van der Waals surface area contributed by atoms with Gasteiger partial charge in [-0.15, -0.1) is 0 Å². The van der Waals surface area contributed by atoms with Crippen LogP contribution in [-0.4, -0.2) is 28.8 Å². The van der Waals surface area contributed by atoms with Crippen molar-refractivity contribution in [1.82, 2.24) is 4.90 Å². The normalized spacial score (nSPS) is 21.4. The number of anilines is 1. The highest BCUT2D eigenvalue weighted by atomic mass is 79.9. The van der Waals surface area contributed by atoms with Crippen molar-refractivity contribution in [2.24, 2.45) is 11.7 Å². The van der Waals surface area contributed by atoms with Crippen LogP contribution in [0.5, 0.6) is 0 Å². The van der Waals surface area contributed by atoms with E-state index >= 15 is 0 Å². The van der Waals surface area contributed by atoms with Crippen LogP contribution in [0.3, 0.4) is 0 Å². The van der Waals surface area contributed by atoms with E-state index in [1.807, 2.05) is 42.5 Å². The molecular weight excluding hydrogens is 478 g/mol. The first-order valence-corrected chi connectivity index (χ1v) is 13.0. The number of halogens is 1. The van der Waals surface area contributed by atoms with Crippen molar-refractivity contribution >= 4 is 33.4 Å². The predicted molar refractivity (Wildman–Crippen MR) is 136 cm³/mol. The highest BCUT2D eigenvalue weighted by Crippen LogP contribution is 2.31. The Hall–Kier alpha value is -2.18. The zero-order valence-electron chi connectivity index (χ0n) is 19.1. The molecule has 33 heavy (non-hydrogen) atoms. The van der Waals surface area contributed by atoms with Gasteiger partial charge in [0.2, 0.25) is 5.91 Å². The lowest BCUT2D eigenvalue weighted by molar-refractivity contribution is -0.140. The molecule has 0 heterocycles. The van der Waals surface area contributed by atoms with Crippen molar-refractivity contribution in [1.29, 1.82) is 0 Å². The van der Waals surface area contributed by atoms with Crippen molar-refractivity contribution in [3.8, 4) is 0 Å². The smallest absolute Gasteiger partial charge is 0.256 e. The Morgan fingerprint density at radius 2 is 1.58 bits per heavy atom. The second kappa shape index (κ2) is 11.3. The Balaban J connectivity index is 1.56. The number of nitrogens with one attached hydrogen (secondary N) is 1. The molecule has 2 saturated carbocycles. The van der Waals surface area contributed by atoms with E-state index < -0.39 is 0 Å². The van der Waals surface area contributed by atoms with Gasteiger partial charge in [0.25, 0.3) is 5.91 Å². The predicted octanol–water partition coefficient (Wildman–Crippen LogP) is 5.88. The molecule has 0 unspecified atom stereocenters. The lowest BCUT2D eigenvalue weighted by Gasteiger charge is -2.39. The van der Waals surface area contributed by atoms with Gasteiger partial charge in [0.05, 0.1) is 5.56 Å². The van der Waals surface area contributed by atoms with E-state index in [2.05, 4.69) is 26.1 Å². The zero-order chi connectivity index (χ0) is 23.2. The lowest BCUT2D eigenvalue weighted by atomic mass is 9.85. The molecule has 2 fully saturated rings.